The number of hydrogen-bond donors (Lipinski definition) is 0. The second-order valence-electron chi connectivity index (χ2n) is 3.76. The maximum atomic E-state index is 6.11. The summed E-state index contributed by atoms with van der Waals surface area (Å²) in [5.41, 5.74) is 2.58. The molecule has 0 aliphatic carbocycles. The first-order chi connectivity index (χ1) is 8.08. The highest BCUT2D eigenvalue weighted by Gasteiger charge is 2.13. The highest BCUT2D eigenvalue weighted by molar-refractivity contribution is 8.01. The van der Waals surface area contributed by atoms with Gasteiger partial charge in [0.25, 0.3) is 0 Å². The van der Waals surface area contributed by atoms with Gasteiger partial charge in [0.2, 0.25) is 0 Å². The molecule has 0 bridgehead atoms. The van der Waals surface area contributed by atoms with E-state index in [0.717, 1.165) is 20.8 Å². The lowest BCUT2D eigenvalue weighted by atomic mass is 10.2. The molecule has 0 saturated heterocycles. The Hall–Kier alpha value is -0.720. The van der Waals surface area contributed by atoms with Gasteiger partial charge in [0.15, 0.2) is 4.34 Å². The van der Waals surface area contributed by atoms with Gasteiger partial charge in [0.1, 0.15) is 21.5 Å². The summed E-state index contributed by atoms with van der Waals surface area (Å²) in [6, 6.07) is 0. The summed E-state index contributed by atoms with van der Waals surface area (Å²) < 4.78 is 0.859. The molecule has 7 heteroatoms. The van der Waals surface area contributed by atoms with Gasteiger partial charge >= 0.3 is 0 Å². The molecule has 0 aromatic carbocycles. The summed E-state index contributed by atoms with van der Waals surface area (Å²) in [4.78, 5) is 8.78. The smallest absolute Gasteiger partial charge is 0.180 e. The van der Waals surface area contributed by atoms with E-state index in [-0.39, 0.29) is 5.92 Å². The van der Waals surface area contributed by atoms with Crippen molar-refractivity contribution in [1.29, 1.82) is 0 Å². The minimum absolute atomic E-state index is 0.252. The molecule has 2 aromatic rings. The van der Waals surface area contributed by atoms with E-state index >= 15 is 0 Å². The lowest BCUT2D eigenvalue weighted by Crippen LogP contribution is -2.01. The minimum Gasteiger partial charge on any atom is -0.225 e. The summed E-state index contributed by atoms with van der Waals surface area (Å²) in [5.74, 6) is 1.01. The Morgan fingerprint density at radius 1 is 1.35 bits per heavy atom. The quantitative estimate of drug-likeness (QED) is 0.808. The molecule has 0 spiro atoms. The van der Waals surface area contributed by atoms with Crippen LogP contribution in [0, 0.1) is 6.92 Å². The lowest BCUT2D eigenvalue weighted by molar-refractivity contribution is 0.747. The van der Waals surface area contributed by atoms with E-state index < -0.39 is 0 Å². The average molecular weight is 287 g/mol. The number of hydrogen-bond acceptors (Lipinski definition) is 6. The summed E-state index contributed by atoms with van der Waals surface area (Å²) in [7, 11) is 0. The topological polar surface area (TPSA) is 51.6 Å². The number of nitrogens with zero attached hydrogens (tertiary/aromatic N) is 4. The first kappa shape index (κ1) is 12.7. The van der Waals surface area contributed by atoms with Crippen LogP contribution in [0.15, 0.2) is 14.9 Å². The lowest BCUT2D eigenvalue weighted by Gasteiger charge is -2.09. The van der Waals surface area contributed by atoms with E-state index in [9.17, 15) is 0 Å². The third-order valence-corrected chi connectivity index (χ3v) is 4.34. The summed E-state index contributed by atoms with van der Waals surface area (Å²) in [6.45, 7) is 6.00. The van der Waals surface area contributed by atoms with Crippen LogP contribution < -0.4 is 0 Å². The molecule has 0 aliphatic rings. The molecule has 17 heavy (non-hydrogen) atoms. The highest BCUT2D eigenvalue weighted by atomic mass is 35.5. The van der Waals surface area contributed by atoms with Crippen molar-refractivity contribution in [2.45, 2.75) is 36.1 Å². The molecule has 2 aromatic heterocycles. The van der Waals surface area contributed by atoms with Crippen LogP contribution >= 0.6 is 34.7 Å². The zero-order valence-electron chi connectivity index (χ0n) is 9.64. The zero-order valence-corrected chi connectivity index (χ0v) is 12.0. The minimum atomic E-state index is 0.252. The zero-order chi connectivity index (χ0) is 12.4. The Morgan fingerprint density at radius 3 is 2.71 bits per heavy atom. The Kier molecular flexibility index (Phi) is 3.96. The predicted molar refractivity (Wildman–Crippen MR) is 69.9 cm³/mol. The Bertz CT molecular complexity index is 513. The first-order valence-electron chi connectivity index (χ1n) is 5.06. The second kappa shape index (κ2) is 5.29. The standard InChI is InChI=1S/C10H11ClN4S2/c1-5(2)8-13-7(11)6(3)9(14-8)17-10-15-12-4-16-10/h4-5H,1-3H3. The van der Waals surface area contributed by atoms with E-state index in [1.165, 1.54) is 23.1 Å². The van der Waals surface area contributed by atoms with Gasteiger partial charge in [-0.05, 0) is 18.7 Å². The molecule has 0 unspecified atom stereocenters. The Labute approximate surface area is 113 Å². The molecule has 0 saturated carbocycles. The van der Waals surface area contributed by atoms with E-state index in [1.54, 1.807) is 5.51 Å². The van der Waals surface area contributed by atoms with Gasteiger partial charge in [-0.1, -0.05) is 36.8 Å². The van der Waals surface area contributed by atoms with Crippen LogP contribution in [0.4, 0.5) is 0 Å². The van der Waals surface area contributed by atoms with Gasteiger partial charge in [-0.25, -0.2) is 9.97 Å². The Morgan fingerprint density at radius 2 is 2.12 bits per heavy atom. The molecule has 4 nitrogen and oxygen atoms in total. The molecule has 2 rings (SSSR count). The molecule has 0 N–H and O–H groups in total. The number of rotatable bonds is 3. The van der Waals surface area contributed by atoms with Gasteiger partial charge in [-0.15, -0.1) is 10.2 Å². The third kappa shape index (κ3) is 2.94. The molecule has 0 aliphatic heterocycles. The molecule has 0 radical (unpaired) electrons. The van der Waals surface area contributed by atoms with Crippen LogP contribution in [0.2, 0.25) is 5.15 Å². The third-order valence-electron chi connectivity index (χ3n) is 2.10. The fourth-order valence-corrected chi connectivity index (χ4v) is 2.84. The van der Waals surface area contributed by atoms with Crippen molar-refractivity contribution < 1.29 is 0 Å². The summed E-state index contributed by atoms with van der Waals surface area (Å²) in [6.07, 6.45) is 0. The van der Waals surface area contributed by atoms with Gasteiger partial charge in [0.05, 0.1) is 0 Å². The van der Waals surface area contributed by atoms with Crippen molar-refractivity contribution in [2.24, 2.45) is 0 Å². The maximum Gasteiger partial charge on any atom is 0.180 e. The Balaban J connectivity index is 2.38. The van der Waals surface area contributed by atoms with Crippen LogP contribution in [-0.4, -0.2) is 20.2 Å². The normalized spacial score (nSPS) is 11.1. The van der Waals surface area contributed by atoms with Crippen LogP contribution in [-0.2, 0) is 0 Å². The molecule has 2 heterocycles. The fourth-order valence-electron chi connectivity index (χ4n) is 1.13. The van der Waals surface area contributed by atoms with Crippen molar-refractivity contribution in [3.8, 4) is 0 Å². The van der Waals surface area contributed by atoms with E-state index in [0.29, 0.717) is 5.15 Å². The van der Waals surface area contributed by atoms with E-state index in [4.69, 9.17) is 11.6 Å². The van der Waals surface area contributed by atoms with Crippen LogP contribution in [0.3, 0.4) is 0 Å². The monoisotopic (exact) mass is 286 g/mol. The fraction of sp³-hybridized carbons (Fsp3) is 0.400. The first-order valence-corrected chi connectivity index (χ1v) is 7.13. The van der Waals surface area contributed by atoms with Gasteiger partial charge < -0.3 is 0 Å². The number of halogens is 1. The summed E-state index contributed by atoms with van der Waals surface area (Å²) >= 11 is 9.07. The summed E-state index contributed by atoms with van der Waals surface area (Å²) in [5, 5.41) is 9.15. The maximum absolute atomic E-state index is 6.11. The van der Waals surface area contributed by atoms with Crippen molar-refractivity contribution in [3.05, 3.63) is 22.1 Å². The predicted octanol–water partition coefficient (Wildman–Crippen LogP) is 3.56. The van der Waals surface area contributed by atoms with Crippen molar-refractivity contribution in [1.82, 2.24) is 20.2 Å². The molecule has 0 fully saturated rings. The van der Waals surface area contributed by atoms with Crippen LogP contribution in [0.25, 0.3) is 0 Å². The number of aromatic nitrogens is 4. The van der Waals surface area contributed by atoms with E-state index in [1.807, 2.05) is 20.8 Å². The van der Waals surface area contributed by atoms with Gasteiger partial charge in [-0.2, -0.15) is 0 Å². The average Bonchev–Trinajstić information content (AvgIpc) is 2.77. The highest BCUT2D eigenvalue weighted by Crippen LogP contribution is 2.32. The van der Waals surface area contributed by atoms with Crippen molar-refractivity contribution in [3.63, 3.8) is 0 Å². The van der Waals surface area contributed by atoms with Gasteiger partial charge in [0, 0.05) is 11.5 Å². The van der Waals surface area contributed by atoms with Crippen LogP contribution in [0.1, 0.15) is 31.2 Å². The SMILES string of the molecule is Cc1c(Cl)nc(C(C)C)nc1Sc1nncs1. The molecule has 0 atom stereocenters. The molecular formula is C10H11ClN4S2. The van der Waals surface area contributed by atoms with Crippen molar-refractivity contribution in [2.75, 3.05) is 0 Å². The molecular weight excluding hydrogens is 276 g/mol. The van der Waals surface area contributed by atoms with Crippen molar-refractivity contribution >= 4 is 34.7 Å². The largest absolute Gasteiger partial charge is 0.225 e. The molecule has 0 amide bonds. The van der Waals surface area contributed by atoms with Crippen LogP contribution in [0.5, 0.6) is 0 Å². The second-order valence-corrected chi connectivity index (χ2v) is 6.19. The van der Waals surface area contributed by atoms with E-state index in [2.05, 4.69) is 20.2 Å². The molecule has 90 valence electrons. The van der Waals surface area contributed by atoms with Gasteiger partial charge in [-0.3, -0.25) is 0 Å².